The molecule has 2 unspecified atom stereocenters. The molecule has 0 spiro atoms. The number of hydrogen-bond acceptors (Lipinski definition) is 3. The molecule has 2 fully saturated rings. The second kappa shape index (κ2) is 6.57. The van der Waals surface area contributed by atoms with E-state index in [-0.39, 0.29) is 5.91 Å². The van der Waals surface area contributed by atoms with Gasteiger partial charge in [0.25, 0.3) is 0 Å². The van der Waals surface area contributed by atoms with Crippen LogP contribution in [0.25, 0.3) is 0 Å². The van der Waals surface area contributed by atoms with Crippen molar-refractivity contribution in [1.82, 2.24) is 15.1 Å². The van der Waals surface area contributed by atoms with Gasteiger partial charge in [-0.2, -0.15) is 0 Å². The van der Waals surface area contributed by atoms with Crippen molar-refractivity contribution < 1.29 is 4.79 Å². The summed E-state index contributed by atoms with van der Waals surface area (Å²) in [5, 5.41) is 3.00. The molecule has 2 aliphatic rings. The molecule has 1 radical (unpaired) electrons. The summed E-state index contributed by atoms with van der Waals surface area (Å²) in [6, 6.07) is 0.663. The molecule has 2 heterocycles. The van der Waals surface area contributed by atoms with E-state index in [2.05, 4.69) is 29.4 Å². The van der Waals surface area contributed by atoms with Gasteiger partial charge in [0, 0.05) is 45.7 Å². The molecule has 0 bridgehead atoms. The van der Waals surface area contributed by atoms with Crippen LogP contribution in [0.1, 0.15) is 13.3 Å². The lowest BCUT2D eigenvalue weighted by Gasteiger charge is -2.43. The first-order valence-corrected chi connectivity index (χ1v) is 7.15. The maximum Gasteiger partial charge on any atom is 0.216 e. The number of nitrogens with one attached hydrogen (secondary N) is 1. The summed E-state index contributed by atoms with van der Waals surface area (Å²) in [7, 11) is 4.58. The molecular weight excluding hydrogens is 225 g/mol. The molecule has 4 nitrogen and oxygen atoms in total. The Morgan fingerprint density at radius 2 is 2.06 bits per heavy atom. The van der Waals surface area contributed by atoms with E-state index in [0.29, 0.717) is 12.0 Å². The zero-order valence-corrected chi connectivity index (χ0v) is 11.7. The first kappa shape index (κ1) is 13.9. The molecule has 2 rings (SSSR count). The molecule has 2 aliphatic heterocycles. The Morgan fingerprint density at radius 1 is 1.33 bits per heavy atom. The summed E-state index contributed by atoms with van der Waals surface area (Å²) in [5.74, 6) is 0.698. The zero-order valence-electron chi connectivity index (χ0n) is 11.7. The highest BCUT2D eigenvalue weighted by atomic mass is 16.1. The summed E-state index contributed by atoms with van der Waals surface area (Å²) in [6.45, 7) is 7.15. The predicted molar refractivity (Wildman–Crippen MR) is 75.0 cm³/mol. The Hall–Kier alpha value is -0.545. The fourth-order valence-electron chi connectivity index (χ4n) is 3.14. The van der Waals surface area contributed by atoms with E-state index >= 15 is 0 Å². The fraction of sp³-hybridized carbons (Fsp3) is 0.923. The summed E-state index contributed by atoms with van der Waals surface area (Å²) in [6.07, 6.45) is 3.64. The Balaban J connectivity index is 1.88. The van der Waals surface area contributed by atoms with Crippen LogP contribution in [0.4, 0.5) is 0 Å². The molecule has 0 saturated carbocycles. The van der Waals surface area contributed by atoms with Gasteiger partial charge >= 0.3 is 0 Å². The van der Waals surface area contributed by atoms with Crippen LogP contribution in [0.2, 0.25) is 12.6 Å². The Labute approximate surface area is 111 Å². The molecular formula is C13H25BN3O. The lowest BCUT2D eigenvalue weighted by Crippen LogP contribution is -2.54. The predicted octanol–water partition coefficient (Wildman–Crippen LogP) is 0.299. The van der Waals surface area contributed by atoms with E-state index in [4.69, 9.17) is 0 Å². The van der Waals surface area contributed by atoms with Gasteiger partial charge in [0.15, 0.2) is 0 Å². The van der Waals surface area contributed by atoms with E-state index in [0.717, 1.165) is 12.9 Å². The number of piperazine rings is 1. The van der Waals surface area contributed by atoms with E-state index in [1.807, 2.05) is 0 Å². The second-order valence-electron chi connectivity index (χ2n) is 5.71. The molecule has 1 amide bonds. The molecule has 18 heavy (non-hydrogen) atoms. The van der Waals surface area contributed by atoms with Crippen molar-refractivity contribution in [2.24, 2.45) is 5.92 Å². The smallest absolute Gasteiger partial charge is 0.216 e. The number of rotatable bonds is 3. The number of likely N-dealkylation sites (N-methyl/N-ethyl adjacent to an activating group) is 1. The van der Waals surface area contributed by atoms with Crippen LogP contribution in [0.15, 0.2) is 0 Å². The number of hydrogen-bond donors (Lipinski definition) is 1. The molecule has 101 valence electrons. The summed E-state index contributed by atoms with van der Waals surface area (Å²) >= 11 is 0. The summed E-state index contributed by atoms with van der Waals surface area (Å²) < 4.78 is 0. The summed E-state index contributed by atoms with van der Waals surface area (Å²) in [5.41, 5.74) is 0. The minimum absolute atomic E-state index is 0.0951. The Morgan fingerprint density at radius 3 is 2.72 bits per heavy atom. The first-order valence-electron chi connectivity index (χ1n) is 7.15. The Bertz CT molecular complexity index is 279. The minimum Gasteiger partial charge on any atom is -0.356 e. The lowest BCUT2D eigenvalue weighted by atomic mass is 9.58. The first-order chi connectivity index (χ1) is 8.66. The van der Waals surface area contributed by atoms with Crippen LogP contribution >= 0.6 is 0 Å². The molecule has 0 aromatic rings. The van der Waals surface area contributed by atoms with Gasteiger partial charge in [-0.15, -0.1) is 0 Å². The number of carbonyl (C=O) groups is 1. The Kier molecular flexibility index (Phi) is 5.07. The van der Waals surface area contributed by atoms with Crippen molar-refractivity contribution in [3.63, 3.8) is 0 Å². The van der Waals surface area contributed by atoms with E-state index in [9.17, 15) is 4.79 Å². The number of nitrogens with zero attached hydrogens (tertiary/aromatic N) is 2. The van der Waals surface area contributed by atoms with Crippen molar-refractivity contribution >= 4 is 13.2 Å². The summed E-state index contributed by atoms with van der Waals surface area (Å²) in [4.78, 5) is 16.1. The van der Waals surface area contributed by atoms with Gasteiger partial charge < -0.3 is 10.2 Å². The average molecular weight is 250 g/mol. The van der Waals surface area contributed by atoms with Gasteiger partial charge in [0.05, 0.1) is 0 Å². The van der Waals surface area contributed by atoms with Crippen LogP contribution in [-0.4, -0.2) is 68.8 Å². The van der Waals surface area contributed by atoms with Crippen LogP contribution in [0.5, 0.6) is 0 Å². The normalized spacial score (nSPS) is 30.8. The monoisotopic (exact) mass is 250 g/mol. The van der Waals surface area contributed by atoms with Gasteiger partial charge in [0.1, 0.15) is 7.28 Å². The van der Waals surface area contributed by atoms with Crippen molar-refractivity contribution in [2.75, 3.05) is 39.8 Å². The third kappa shape index (κ3) is 3.72. The minimum atomic E-state index is 0.0951. The highest BCUT2D eigenvalue weighted by Crippen LogP contribution is 2.26. The van der Waals surface area contributed by atoms with Gasteiger partial charge in [-0.25, -0.2) is 0 Å². The molecule has 2 saturated heterocycles. The second-order valence-corrected chi connectivity index (χ2v) is 5.71. The van der Waals surface area contributed by atoms with E-state index < -0.39 is 0 Å². The van der Waals surface area contributed by atoms with Crippen LogP contribution < -0.4 is 5.32 Å². The van der Waals surface area contributed by atoms with Crippen LogP contribution in [0, 0.1) is 5.92 Å². The maximum absolute atomic E-state index is 11.1. The number of amides is 1. The van der Waals surface area contributed by atoms with Gasteiger partial charge in [-0.05, 0) is 19.4 Å². The topological polar surface area (TPSA) is 35.6 Å². The molecule has 0 aromatic carbocycles. The largest absolute Gasteiger partial charge is 0.356 e. The third-order valence-electron chi connectivity index (χ3n) is 4.30. The SMILES string of the molecule is CC(=O)NCC1C[B]CCC1N1CCN(C)CC1. The molecule has 1 N–H and O–H groups in total. The molecule has 5 heteroatoms. The van der Waals surface area contributed by atoms with Crippen molar-refractivity contribution in [3.05, 3.63) is 0 Å². The van der Waals surface area contributed by atoms with Crippen molar-refractivity contribution in [1.29, 1.82) is 0 Å². The van der Waals surface area contributed by atoms with Gasteiger partial charge in [0.2, 0.25) is 5.91 Å². The van der Waals surface area contributed by atoms with Gasteiger partial charge in [-0.1, -0.05) is 12.6 Å². The zero-order chi connectivity index (χ0) is 13.0. The fourth-order valence-corrected chi connectivity index (χ4v) is 3.14. The third-order valence-corrected chi connectivity index (χ3v) is 4.30. The van der Waals surface area contributed by atoms with Crippen LogP contribution in [0.3, 0.4) is 0 Å². The van der Waals surface area contributed by atoms with Crippen LogP contribution in [-0.2, 0) is 4.79 Å². The van der Waals surface area contributed by atoms with Gasteiger partial charge in [-0.3, -0.25) is 9.69 Å². The lowest BCUT2D eigenvalue weighted by molar-refractivity contribution is -0.119. The van der Waals surface area contributed by atoms with Crippen molar-refractivity contribution in [3.8, 4) is 0 Å². The molecule has 2 atom stereocenters. The standard InChI is InChI=1S/C13H25BN3O/c1-11(18)15-10-12-9-14-4-3-13(12)17-7-5-16(2)6-8-17/h12-13H,3-10H2,1-2H3,(H,15,18). The number of carbonyl (C=O) groups excluding carboxylic acids is 1. The quantitative estimate of drug-likeness (QED) is 0.732. The molecule has 0 aliphatic carbocycles. The highest BCUT2D eigenvalue weighted by Gasteiger charge is 2.31. The highest BCUT2D eigenvalue weighted by molar-refractivity contribution is 6.35. The van der Waals surface area contributed by atoms with E-state index in [1.54, 1.807) is 6.92 Å². The average Bonchev–Trinajstić information content (AvgIpc) is 2.38. The maximum atomic E-state index is 11.1. The van der Waals surface area contributed by atoms with Crippen molar-refractivity contribution in [2.45, 2.75) is 32.0 Å². The molecule has 0 aromatic heterocycles. The van der Waals surface area contributed by atoms with E-state index in [1.165, 1.54) is 38.9 Å².